The number of allylic oxidation sites excluding steroid dienone is 4. The number of phenolic OH excluding ortho intramolecular Hbond substituents is 1. The molecule has 52 heavy (non-hydrogen) atoms. The largest absolute Gasteiger partial charge is 0.516 e. The molecule has 13 heteroatoms. The number of benzene rings is 2. The smallest absolute Gasteiger partial charge is 0.507 e. The number of methoxy groups -OCH3 is 1. The van der Waals surface area contributed by atoms with Crippen LogP contribution in [0.3, 0.4) is 0 Å². The summed E-state index contributed by atoms with van der Waals surface area (Å²) in [7, 11) is 1.05. The molecule has 1 aromatic heterocycles. The van der Waals surface area contributed by atoms with Crippen LogP contribution in [0.25, 0.3) is 6.08 Å². The number of fused-ring (bicyclic) bond motifs is 1. The Kier molecular flexibility index (Phi) is 14.2. The third-order valence-electron chi connectivity index (χ3n) is 8.28. The number of thiocarbonyl (C=S) groups is 1. The molecule has 0 unspecified atom stereocenters. The van der Waals surface area contributed by atoms with Crippen LogP contribution < -0.4 is 10.2 Å². The van der Waals surface area contributed by atoms with Crippen molar-refractivity contribution in [1.29, 1.82) is 0 Å². The van der Waals surface area contributed by atoms with Gasteiger partial charge in [0.15, 0.2) is 11.2 Å². The van der Waals surface area contributed by atoms with E-state index in [2.05, 4.69) is 4.74 Å². The lowest BCUT2D eigenvalue weighted by atomic mass is 9.87. The van der Waals surface area contributed by atoms with Crippen LogP contribution in [0.4, 0.5) is 18.0 Å². The van der Waals surface area contributed by atoms with Crippen molar-refractivity contribution < 1.29 is 46.9 Å². The number of carbonyl (C=O) groups excluding carboxylic acids is 2. The van der Waals surface area contributed by atoms with Crippen molar-refractivity contribution in [3.05, 3.63) is 116 Å². The van der Waals surface area contributed by atoms with E-state index in [4.69, 9.17) is 21.4 Å². The Hall–Kier alpha value is -4.46. The van der Waals surface area contributed by atoms with E-state index in [1.165, 1.54) is 25.1 Å². The van der Waals surface area contributed by atoms with Gasteiger partial charge in [0.05, 0.1) is 35.5 Å². The van der Waals surface area contributed by atoms with Crippen LogP contribution in [0.1, 0.15) is 95.5 Å². The molecule has 0 saturated heterocycles. The first-order valence-electron chi connectivity index (χ1n) is 16.6. The first-order valence-corrected chi connectivity index (χ1v) is 18.0. The predicted molar refractivity (Wildman–Crippen MR) is 197 cm³/mol. The summed E-state index contributed by atoms with van der Waals surface area (Å²) in [6, 6.07) is 7.64. The molecule has 0 aliphatic heterocycles. The van der Waals surface area contributed by atoms with Gasteiger partial charge in [0.2, 0.25) is 0 Å². The summed E-state index contributed by atoms with van der Waals surface area (Å²) in [4.78, 5) is 39.4. The fraction of sp³-hybridized carbons (Fsp3) is 0.333. The van der Waals surface area contributed by atoms with Crippen LogP contribution in [-0.2, 0) is 23.8 Å². The first kappa shape index (κ1) is 40.3. The molecule has 2 N–H and O–H groups in total. The van der Waals surface area contributed by atoms with E-state index < -0.39 is 41.3 Å². The second-order valence-electron chi connectivity index (χ2n) is 12.0. The summed E-state index contributed by atoms with van der Waals surface area (Å²) in [6.07, 6.45) is 5.83. The Labute approximate surface area is 309 Å². The maximum Gasteiger partial charge on any atom is 0.516 e. The Morgan fingerprint density at radius 1 is 1.13 bits per heavy atom. The predicted octanol–water partition coefficient (Wildman–Crippen LogP) is 9.50. The molecule has 4 rings (SSSR count). The maximum atomic E-state index is 13.9. The van der Waals surface area contributed by atoms with Crippen LogP contribution in [0.2, 0.25) is 0 Å². The number of rotatable bonds is 15. The van der Waals surface area contributed by atoms with Gasteiger partial charge >= 0.3 is 18.3 Å². The summed E-state index contributed by atoms with van der Waals surface area (Å²) < 4.78 is 56.4. The van der Waals surface area contributed by atoms with Crippen molar-refractivity contribution in [1.82, 2.24) is 0 Å². The van der Waals surface area contributed by atoms with Gasteiger partial charge in [-0.05, 0) is 80.3 Å². The fourth-order valence-corrected chi connectivity index (χ4v) is 6.96. The highest BCUT2D eigenvalue weighted by Gasteiger charge is 2.35. The number of alkyl halides is 3. The van der Waals surface area contributed by atoms with Crippen LogP contribution in [0.15, 0.2) is 80.9 Å². The number of halogens is 3. The standard InChI is InChI=1S/C39H39F3O8S2/c1-4-12-29-32(19-18-27(23(2)43)35(29)45)52-20-10-8-6-5-7-9-15-30(34(44)24-13-11-14-25(21-24)39(40,41)42)33-36(46)28-17-16-26(51)22-31(28)49-37(33)50-38(47)48-3/h5,7,9,11,13-19,21,30,34,44-45H,4,6,8,10,12,20,22H2,1-3H3/b7-5-,15-9+/t30-,34-/m0/s1. The Bertz CT molecular complexity index is 1940. The van der Waals surface area contributed by atoms with Crippen molar-refractivity contribution >= 4 is 46.9 Å². The van der Waals surface area contributed by atoms with Crippen molar-refractivity contribution in [3.63, 3.8) is 0 Å². The molecule has 1 aliphatic rings. The number of phenols is 1. The number of aliphatic hydroxyl groups is 1. The highest BCUT2D eigenvalue weighted by atomic mass is 32.2. The van der Waals surface area contributed by atoms with E-state index in [0.717, 1.165) is 60.8 Å². The van der Waals surface area contributed by atoms with Crippen LogP contribution in [0.5, 0.6) is 11.7 Å². The van der Waals surface area contributed by atoms with Crippen LogP contribution >= 0.6 is 24.0 Å². The number of Topliss-reactive ketones (excluding diaryl/α,β-unsaturated/α-hetero) is 1. The molecule has 3 aromatic rings. The number of thioether (sulfide) groups is 1. The number of aliphatic hydroxyl groups excluding tert-OH is 1. The van der Waals surface area contributed by atoms with Crippen molar-refractivity contribution in [2.24, 2.45) is 0 Å². The zero-order valence-electron chi connectivity index (χ0n) is 28.8. The van der Waals surface area contributed by atoms with Gasteiger partial charge < -0.3 is 24.1 Å². The number of ketones is 1. The monoisotopic (exact) mass is 756 g/mol. The average Bonchev–Trinajstić information content (AvgIpc) is 3.10. The van der Waals surface area contributed by atoms with E-state index >= 15 is 0 Å². The molecule has 0 amide bonds. The molecule has 1 heterocycles. The minimum Gasteiger partial charge on any atom is -0.507 e. The lowest BCUT2D eigenvalue weighted by Gasteiger charge is -2.23. The molecular formula is C39H39F3O8S2. The molecule has 1 aliphatic carbocycles. The first-order chi connectivity index (χ1) is 24.8. The molecular weight excluding hydrogens is 718 g/mol. The Balaban J connectivity index is 1.56. The highest BCUT2D eigenvalue weighted by molar-refractivity contribution is 7.99. The highest BCUT2D eigenvalue weighted by Crippen LogP contribution is 2.40. The number of hydrogen-bond donors (Lipinski definition) is 2. The number of unbranched alkanes of at least 4 members (excludes halogenated alkanes) is 2. The average molecular weight is 757 g/mol. The zero-order valence-corrected chi connectivity index (χ0v) is 30.5. The normalized spacial score (nSPS) is 14.1. The van der Waals surface area contributed by atoms with Gasteiger partial charge in [-0.2, -0.15) is 13.2 Å². The van der Waals surface area contributed by atoms with E-state index in [0.29, 0.717) is 23.3 Å². The third kappa shape index (κ3) is 10.1. The van der Waals surface area contributed by atoms with Crippen LogP contribution in [-0.4, -0.2) is 39.9 Å². The SMILES string of the molecule is CCCc1c(SCCCC/C=C\C=C\[C@@H](c2c(OC(=O)OC)oc3c(c2=O)C=CC(=S)C3)[C@@H](O)c2cccc(C(F)(F)F)c2)ccc(C(C)=O)c1O. The van der Waals surface area contributed by atoms with Crippen molar-refractivity contribution in [3.8, 4) is 11.7 Å². The molecule has 0 bridgehead atoms. The van der Waals surface area contributed by atoms with Gasteiger partial charge in [-0.15, -0.1) is 11.8 Å². The fourth-order valence-electron chi connectivity index (χ4n) is 5.66. The summed E-state index contributed by atoms with van der Waals surface area (Å²) in [5, 5.41) is 22.2. The molecule has 276 valence electrons. The Morgan fingerprint density at radius 2 is 1.90 bits per heavy atom. The number of carbonyl (C=O) groups is 2. The molecule has 2 aromatic carbocycles. The summed E-state index contributed by atoms with van der Waals surface area (Å²) in [6.45, 7) is 3.43. The molecule has 0 fully saturated rings. The number of hydrogen-bond acceptors (Lipinski definition) is 10. The minimum absolute atomic E-state index is 0.0447. The topological polar surface area (TPSA) is 123 Å². The molecule has 0 saturated carbocycles. The maximum absolute atomic E-state index is 13.9. The van der Waals surface area contributed by atoms with Gasteiger partial charge in [0.1, 0.15) is 11.5 Å². The second-order valence-corrected chi connectivity index (χ2v) is 13.7. The number of ether oxygens (including phenoxy) is 2. The van der Waals surface area contributed by atoms with Gasteiger partial charge in [-0.3, -0.25) is 9.59 Å². The van der Waals surface area contributed by atoms with E-state index in [1.54, 1.807) is 36.1 Å². The molecule has 0 radical (unpaired) electrons. The van der Waals surface area contributed by atoms with Gasteiger partial charge in [0.25, 0.3) is 0 Å². The quantitative estimate of drug-likeness (QED) is 0.0387. The number of aromatic hydroxyl groups is 1. The Morgan fingerprint density at radius 3 is 2.60 bits per heavy atom. The third-order valence-corrected chi connectivity index (χ3v) is 9.74. The van der Waals surface area contributed by atoms with Crippen molar-refractivity contribution in [2.45, 2.75) is 75.5 Å². The lowest BCUT2D eigenvalue weighted by molar-refractivity contribution is -0.137. The van der Waals surface area contributed by atoms with Crippen molar-refractivity contribution in [2.75, 3.05) is 12.9 Å². The van der Waals surface area contributed by atoms with E-state index in [1.807, 2.05) is 19.1 Å². The second kappa shape index (κ2) is 18.3. The van der Waals surface area contributed by atoms with Gasteiger partial charge in [-0.25, -0.2) is 4.79 Å². The summed E-state index contributed by atoms with van der Waals surface area (Å²) in [5.74, 6) is -1.13. The van der Waals surface area contributed by atoms with Crippen LogP contribution in [0, 0.1) is 0 Å². The molecule has 0 spiro atoms. The summed E-state index contributed by atoms with van der Waals surface area (Å²) >= 11 is 6.84. The summed E-state index contributed by atoms with van der Waals surface area (Å²) in [5.41, 5.74) is -0.871. The zero-order chi connectivity index (χ0) is 38.0. The van der Waals surface area contributed by atoms with Gasteiger partial charge in [-0.1, -0.05) is 62.0 Å². The lowest BCUT2D eigenvalue weighted by Crippen LogP contribution is -2.25. The van der Waals surface area contributed by atoms with Gasteiger partial charge in [0, 0.05) is 27.7 Å². The minimum atomic E-state index is -4.69. The van der Waals surface area contributed by atoms with E-state index in [9.17, 15) is 37.8 Å². The molecule has 8 nitrogen and oxygen atoms in total. The van der Waals surface area contributed by atoms with E-state index in [-0.39, 0.29) is 40.4 Å². The molecule has 2 atom stereocenters.